The minimum Gasteiger partial charge on any atom is -0.351 e. The third kappa shape index (κ3) is 5.95. The Bertz CT molecular complexity index is 1010. The summed E-state index contributed by atoms with van der Waals surface area (Å²) < 4.78 is 27.1. The van der Waals surface area contributed by atoms with E-state index in [9.17, 15) is 13.6 Å². The Hall–Kier alpha value is -3.59. The van der Waals surface area contributed by atoms with Crippen LogP contribution in [0.15, 0.2) is 54.7 Å². The molecule has 0 aliphatic carbocycles. The number of hydrogen-bond donors (Lipinski definition) is 3. The first kappa shape index (κ1) is 21.1. The largest absolute Gasteiger partial charge is 0.351 e. The molecular formula is C21H22F2N6O. The summed E-state index contributed by atoms with van der Waals surface area (Å²) in [6, 6.07) is 12.3. The van der Waals surface area contributed by atoms with Crippen molar-refractivity contribution in [3.05, 3.63) is 71.9 Å². The smallest absolute Gasteiger partial charge is 0.251 e. The van der Waals surface area contributed by atoms with E-state index in [1.54, 1.807) is 24.3 Å². The molecule has 0 saturated carbocycles. The van der Waals surface area contributed by atoms with E-state index in [4.69, 9.17) is 0 Å². The summed E-state index contributed by atoms with van der Waals surface area (Å²) in [6.07, 6.45) is 1.03. The molecule has 0 bridgehead atoms. The molecule has 7 nitrogen and oxygen atoms in total. The van der Waals surface area contributed by atoms with Gasteiger partial charge in [0.05, 0.1) is 6.20 Å². The predicted molar refractivity (Wildman–Crippen MR) is 112 cm³/mol. The van der Waals surface area contributed by atoms with Gasteiger partial charge in [-0.15, -0.1) is 0 Å². The molecule has 0 aliphatic rings. The average Bonchev–Trinajstić information content (AvgIpc) is 2.72. The molecule has 0 spiro atoms. The van der Waals surface area contributed by atoms with Gasteiger partial charge in [-0.3, -0.25) is 4.79 Å². The highest BCUT2D eigenvalue weighted by atomic mass is 19.1. The zero-order valence-electron chi connectivity index (χ0n) is 16.6. The van der Waals surface area contributed by atoms with Gasteiger partial charge in [-0.2, -0.15) is 4.98 Å². The van der Waals surface area contributed by atoms with Gasteiger partial charge in [-0.05, 0) is 56.6 Å². The number of anilines is 4. The fourth-order valence-corrected chi connectivity index (χ4v) is 2.55. The van der Waals surface area contributed by atoms with E-state index in [0.717, 1.165) is 12.7 Å². The Morgan fingerprint density at radius 3 is 2.53 bits per heavy atom. The van der Waals surface area contributed by atoms with Crippen LogP contribution in [0.25, 0.3) is 0 Å². The van der Waals surface area contributed by atoms with Gasteiger partial charge in [0.15, 0.2) is 11.6 Å². The van der Waals surface area contributed by atoms with Crippen LogP contribution in [-0.2, 0) is 0 Å². The molecule has 2 aromatic carbocycles. The van der Waals surface area contributed by atoms with Crippen molar-refractivity contribution >= 4 is 29.0 Å². The van der Waals surface area contributed by atoms with E-state index < -0.39 is 11.6 Å². The van der Waals surface area contributed by atoms with Gasteiger partial charge in [-0.1, -0.05) is 6.07 Å². The van der Waals surface area contributed by atoms with Crippen molar-refractivity contribution in [1.82, 2.24) is 20.2 Å². The van der Waals surface area contributed by atoms with Crippen molar-refractivity contribution in [3.63, 3.8) is 0 Å². The Balaban J connectivity index is 1.70. The van der Waals surface area contributed by atoms with Crippen LogP contribution in [0.1, 0.15) is 10.4 Å². The molecule has 1 amide bonds. The highest BCUT2D eigenvalue weighted by Gasteiger charge is 2.10. The van der Waals surface area contributed by atoms with Gasteiger partial charge in [0.1, 0.15) is 5.82 Å². The number of nitrogens with one attached hydrogen (secondary N) is 3. The molecule has 1 heterocycles. The van der Waals surface area contributed by atoms with Crippen molar-refractivity contribution in [2.45, 2.75) is 0 Å². The fraction of sp³-hybridized carbons (Fsp3) is 0.190. The highest BCUT2D eigenvalue weighted by molar-refractivity contribution is 5.95. The minimum atomic E-state index is -0.654. The number of amides is 1. The van der Waals surface area contributed by atoms with Crippen LogP contribution in [-0.4, -0.2) is 48.0 Å². The molecule has 30 heavy (non-hydrogen) atoms. The standard InChI is InChI=1S/C21H22F2N6O/c1-29(2)11-10-24-20(30)14-4-3-5-17(12-14)27-21-25-13-18(23)19(28-21)26-16-8-6-15(22)7-9-16/h3-9,12-13H,10-11H2,1-2H3,(H,24,30)(H2,25,26,27,28). The molecule has 0 aliphatic heterocycles. The van der Waals surface area contributed by atoms with E-state index in [0.29, 0.717) is 23.5 Å². The molecule has 0 radical (unpaired) electrons. The summed E-state index contributed by atoms with van der Waals surface area (Å²) in [5, 5.41) is 8.59. The fourth-order valence-electron chi connectivity index (χ4n) is 2.55. The molecule has 0 unspecified atom stereocenters. The summed E-state index contributed by atoms with van der Waals surface area (Å²) in [5.74, 6) is -1.15. The minimum absolute atomic E-state index is 0.0586. The molecule has 3 N–H and O–H groups in total. The summed E-state index contributed by atoms with van der Waals surface area (Å²) >= 11 is 0. The van der Waals surface area contributed by atoms with Crippen molar-refractivity contribution in [3.8, 4) is 0 Å². The first-order valence-corrected chi connectivity index (χ1v) is 9.26. The number of carbonyl (C=O) groups is 1. The zero-order chi connectivity index (χ0) is 21.5. The lowest BCUT2D eigenvalue weighted by Crippen LogP contribution is -2.31. The Morgan fingerprint density at radius 1 is 1.03 bits per heavy atom. The number of benzene rings is 2. The van der Waals surface area contributed by atoms with Crippen LogP contribution >= 0.6 is 0 Å². The van der Waals surface area contributed by atoms with Crippen LogP contribution in [0, 0.1) is 11.6 Å². The number of carbonyl (C=O) groups excluding carboxylic acids is 1. The average molecular weight is 412 g/mol. The second-order valence-electron chi connectivity index (χ2n) is 6.79. The van der Waals surface area contributed by atoms with Crippen molar-refractivity contribution in [2.75, 3.05) is 37.8 Å². The third-order valence-electron chi connectivity index (χ3n) is 4.08. The van der Waals surface area contributed by atoms with E-state index in [2.05, 4.69) is 25.9 Å². The Labute approximate surface area is 173 Å². The molecule has 3 rings (SSSR count). The maximum absolute atomic E-state index is 14.1. The lowest BCUT2D eigenvalue weighted by molar-refractivity contribution is 0.0951. The van der Waals surface area contributed by atoms with E-state index in [1.807, 2.05) is 19.0 Å². The van der Waals surface area contributed by atoms with E-state index in [-0.39, 0.29) is 17.7 Å². The summed E-state index contributed by atoms with van der Waals surface area (Å²) in [4.78, 5) is 22.3. The lowest BCUT2D eigenvalue weighted by Gasteiger charge is -2.12. The molecule has 0 fully saturated rings. The Morgan fingerprint density at radius 2 is 1.80 bits per heavy atom. The van der Waals surface area contributed by atoms with Crippen molar-refractivity contribution in [2.24, 2.45) is 0 Å². The van der Waals surface area contributed by atoms with Gasteiger partial charge < -0.3 is 20.9 Å². The van der Waals surface area contributed by atoms with Gasteiger partial charge >= 0.3 is 0 Å². The molecule has 0 saturated heterocycles. The summed E-state index contributed by atoms with van der Waals surface area (Å²) in [6.45, 7) is 1.26. The molecule has 9 heteroatoms. The molecule has 1 aromatic heterocycles. The summed E-state index contributed by atoms with van der Waals surface area (Å²) in [7, 11) is 3.86. The second kappa shape index (κ2) is 9.75. The van der Waals surface area contributed by atoms with Crippen LogP contribution in [0.3, 0.4) is 0 Å². The maximum Gasteiger partial charge on any atom is 0.251 e. The Kier molecular flexibility index (Phi) is 6.87. The quantitative estimate of drug-likeness (QED) is 0.525. The van der Waals surface area contributed by atoms with Crippen LogP contribution in [0.2, 0.25) is 0 Å². The molecule has 3 aromatic rings. The van der Waals surface area contributed by atoms with Crippen molar-refractivity contribution < 1.29 is 13.6 Å². The molecule has 156 valence electrons. The number of likely N-dealkylation sites (N-methyl/N-ethyl adjacent to an activating group) is 1. The first-order chi connectivity index (χ1) is 14.4. The van der Waals surface area contributed by atoms with E-state index >= 15 is 0 Å². The third-order valence-corrected chi connectivity index (χ3v) is 4.08. The monoisotopic (exact) mass is 412 g/mol. The van der Waals surface area contributed by atoms with Gasteiger partial charge in [-0.25, -0.2) is 13.8 Å². The molecule has 0 atom stereocenters. The highest BCUT2D eigenvalue weighted by Crippen LogP contribution is 2.21. The van der Waals surface area contributed by atoms with Crippen LogP contribution < -0.4 is 16.0 Å². The zero-order valence-corrected chi connectivity index (χ0v) is 16.6. The van der Waals surface area contributed by atoms with Crippen LogP contribution in [0.4, 0.5) is 31.9 Å². The number of rotatable bonds is 8. The maximum atomic E-state index is 14.1. The van der Waals surface area contributed by atoms with Gasteiger partial charge in [0.2, 0.25) is 5.95 Å². The normalized spacial score (nSPS) is 10.7. The lowest BCUT2D eigenvalue weighted by atomic mass is 10.2. The number of nitrogens with zero attached hydrogens (tertiary/aromatic N) is 3. The second-order valence-corrected chi connectivity index (χ2v) is 6.79. The van der Waals surface area contributed by atoms with Gasteiger partial charge in [0, 0.05) is 30.0 Å². The number of aromatic nitrogens is 2. The predicted octanol–water partition coefficient (Wildman–Crippen LogP) is 3.53. The number of halogens is 2. The summed E-state index contributed by atoms with van der Waals surface area (Å²) in [5.41, 5.74) is 1.54. The topological polar surface area (TPSA) is 82.2 Å². The number of hydrogen-bond acceptors (Lipinski definition) is 6. The molecular weight excluding hydrogens is 390 g/mol. The van der Waals surface area contributed by atoms with Gasteiger partial charge in [0.25, 0.3) is 5.91 Å². The van der Waals surface area contributed by atoms with E-state index in [1.165, 1.54) is 24.3 Å². The van der Waals surface area contributed by atoms with Crippen LogP contribution in [0.5, 0.6) is 0 Å². The first-order valence-electron chi connectivity index (χ1n) is 9.26. The SMILES string of the molecule is CN(C)CCNC(=O)c1cccc(Nc2ncc(F)c(Nc3ccc(F)cc3)n2)c1. The van der Waals surface area contributed by atoms with Crippen molar-refractivity contribution in [1.29, 1.82) is 0 Å².